The highest BCUT2D eigenvalue weighted by Gasteiger charge is 2.55. The number of aliphatic hydroxyl groups excluding tert-OH is 14. The molecule has 4 aliphatic heterocycles. The highest BCUT2D eigenvalue weighted by molar-refractivity contribution is 5.76. The molecule has 0 aliphatic carbocycles. The van der Waals surface area contributed by atoms with Crippen molar-refractivity contribution in [1.82, 2.24) is 5.32 Å². The van der Waals surface area contributed by atoms with Crippen LogP contribution in [0.4, 0.5) is 0 Å². The van der Waals surface area contributed by atoms with Crippen LogP contribution in [0.5, 0.6) is 0 Å². The van der Waals surface area contributed by atoms with Gasteiger partial charge in [-0.25, -0.2) is 0 Å². The lowest BCUT2D eigenvalue weighted by atomic mass is 9.95. The number of aliphatic hydroxyl groups is 14. The maximum Gasteiger partial charge on any atom is 0.220 e. The molecule has 4 aliphatic rings. The second kappa shape index (κ2) is 44.0. The Balaban J connectivity index is 1.33. The second-order valence-electron chi connectivity index (χ2n) is 24.3. The van der Waals surface area contributed by atoms with Gasteiger partial charge in [0.2, 0.25) is 5.91 Å². The minimum absolute atomic E-state index is 0.216. The molecule has 4 heterocycles. The first-order chi connectivity index (χ1) is 41.6. The van der Waals surface area contributed by atoms with Crippen molar-refractivity contribution in [3.05, 3.63) is 12.2 Å². The summed E-state index contributed by atoms with van der Waals surface area (Å²) in [5.41, 5.74) is 0. The van der Waals surface area contributed by atoms with Crippen LogP contribution in [-0.4, -0.2) is 245 Å². The normalized spacial score (nSPS) is 34.2. The van der Waals surface area contributed by atoms with Crippen LogP contribution in [-0.2, 0) is 42.7 Å². The zero-order valence-electron chi connectivity index (χ0n) is 51.5. The van der Waals surface area contributed by atoms with Crippen molar-refractivity contribution in [2.45, 2.75) is 341 Å². The molecule has 24 heteroatoms. The number of carbonyl (C=O) groups is 1. The first-order valence-corrected chi connectivity index (χ1v) is 33.0. The Morgan fingerprint density at radius 1 is 0.407 bits per heavy atom. The number of allylic oxidation sites excluding steroid dienone is 1. The summed E-state index contributed by atoms with van der Waals surface area (Å²) in [4.78, 5) is 13.4. The van der Waals surface area contributed by atoms with Gasteiger partial charge in [-0.3, -0.25) is 4.79 Å². The number of carbonyl (C=O) groups excluding carboxylic acids is 1. The molecule has 15 N–H and O–H groups in total. The lowest BCUT2D eigenvalue weighted by Gasteiger charge is -2.49. The average molecular weight is 1240 g/mol. The van der Waals surface area contributed by atoms with Crippen molar-refractivity contribution < 1.29 is 114 Å². The van der Waals surface area contributed by atoms with E-state index in [0.29, 0.717) is 12.8 Å². The SMILES string of the molecule is CCCCCCCCCCCCC/C=C/[C@@H](O)[C@H](CO[C@@H]1OC(CO)[C@@H](O[C@@H]2OC(CO)[C@H](O)[C@H](O[C@H]3OC(CO)[C@H](O)[C@H](O[C@H]4OC(CO)[C@H](O)[C@H](O)C4O)C3O)C2O)[C@H](O)C1O)NC(=O)CCCCCCCCCCCCCCCCCCC. The highest BCUT2D eigenvalue weighted by atomic mass is 16.8. The van der Waals surface area contributed by atoms with Crippen LogP contribution in [0.25, 0.3) is 0 Å². The average Bonchev–Trinajstić information content (AvgIpc) is 2.29. The Labute approximate surface area is 510 Å². The van der Waals surface area contributed by atoms with Gasteiger partial charge in [-0.05, 0) is 19.3 Å². The van der Waals surface area contributed by atoms with E-state index in [9.17, 15) is 76.3 Å². The topological polar surface area (TPSA) is 386 Å². The number of nitrogens with one attached hydrogen (secondary N) is 1. The van der Waals surface area contributed by atoms with Gasteiger partial charge in [0, 0.05) is 6.42 Å². The van der Waals surface area contributed by atoms with Crippen LogP contribution in [0.2, 0.25) is 0 Å². The van der Waals surface area contributed by atoms with Gasteiger partial charge in [0.1, 0.15) is 97.7 Å². The molecule has 22 atom stereocenters. The Kier molecular flexibility index (Phi) is 39.3. The zero-order chi connectivity index (χ0) is 62.8. The fourth-order valence-corrected chi connectivity index (χ4v) is 11.7. The van der Waals surface area contributed by atoms with Crippen LogP contribution in [0, 0.1) is 0 Å². The van der Waals surface area contributed by atoms with Gasteiger partial charge in [0.05, 0.1) is 45.2 Å². The second-order valence-corrected chi connectivity index (χ2v) is 24.3. The first-order valence-electron chi connectivity index (χ1n) is 33.0. The monoisotopic (exact) mass is 1240 g/mol. The van der Waals surface area contributed by atoms with Crippen molar-refractivity contribution in [2.24, 2.45) is 0 Å². The summed E-state index contributed by atoms with van der Waals surface area (Å²) in [5, 5.41) is 154. The van der Waals surface area contributed by atoms with Crippen molar-refractivity contribution >= 4 is 5.91 Å². The molecule has 4 fully saturated rings. The van der Waals surface area contributed by atoms with E-state index in [4.69, 9.17) is 37.9 Å². The van der Waals surface area contributed by atoms with Gasteiger partial charge in [0.15, 0.2) is 25.2 Å². The number of hydrogen-bond donors (Lipinski definition) is 15. The predicted octanol–water partition coefficient (Wildman–Crippen LogP) is 2.42. The minimum Gasteiger partial charge on any atom is -0.394 e. The summed E-state index contributed by atoms with van der Waals surface area (Å²) in [7, 11) is 0. The predicted molar refractivity (Wildman–Crippen MR) is 315 cm³/mol. The van der Waals surface area contributed by atoms with Gasteiger partial charge in [-0.15, -0.1) is 0 Å². The standard InChI is InChI=1S/C62H115NO23/c1-3-5-7-9-11-13-15-17-18-19-20-22-24-26-28-30-32-34-46(69)63-40(41(68)33-31-29-27-25-23-21-16-14-12-10-8-6-4-2)39-79-59-53(76)51(74)56(45(38-67)83-59)84-61-54(77)58(49(72)43(36-65)81-61)86-62-55(78)57(48(71)44(37-66)82-62)85-60-52(75)50(73)47(70)42(35-64)80-60/h31,33,40-45,47-62,64-68,70-78H,3-30,32,34-39H2,1-2H3,(H,63,69)/b33-31+/t40-,41+,42?,43?,44?,45?,47-,48-,49-,50-,51+,52?,53?,54?,55?,56+,57-,58-,59+,60+,61-,62+/m0/s1. The minimum atomic E-state index is -2.09. The molecule has 0 aromatic heterocycles. The summed E-state index contributed by atoms with van der Waals surface area (Å²) < 4.78 is 45.8. The molecule has 8 unspecified atom stereocenters. The molecule has 0 spiro atoms. The van der Waals surface area contributed by atoms with E-state index in [1.54, 1.807) is 6.08 Å². The van der Waals surface area contributed by atoms with Crippen LogP contribution in [0.15, 0.2) is 12.2 Å². The third-order valence-electron chi connectivity index (χ3n) is 17.2. The van der Waals surface area contributed by atoms with Gasteiger partial charge in [-0.1, -0.05) is 193 Å². The molecule has 0 aromatic carbocycles. The smallest absolute Gasteiger partial charge is 0.220 e. The summed E-state index contributed by atoms with van der Waals surface area (Å²) in [6.45, 7) is 0.522. The summed E-state index contributed by atoms with van der Waals surface area (Å²) >= 11 is 0. The largest absolute Gasteiger partial charge is 0.394 e. The maximum absolute atomic E-state index is 13.4. The molecule has 0 radical (unpaired) electrons. The fourth-order valence-electron chi connectivity index (χ4n) is 11.7. The number of hydrogen-bond acceptors (Lipinski definition) is 23. The van der Waals surface area contributed by atoms with E-state index < -0.39 is 168 Å². The van der Waals surface area contributed by atoms with E-state index in [1.165, 1.54) is 128 Å². The van der Waals surface area contributed by atoms with E-state index in [2.05, 4.69) is 19.2 Å². The Hall–Kier alpha value is -1.67. The molecular weight excluding hydrogens is 1130 g/mol. The lowest BCUT2D eigenvalue weighted by molar-refractivity contribution is -0.390. The van der Waals surface area contributed by atoms with Crippen LogP contribution >= 0.6 is 0 Å². The quantitative estimate of drug-likeness (QED) is 0.0307. The first kappa shape index (κ1) is 76.8. The van der Waals surface area contributed by atoms with Crippen molar-refractivity contribution in [3.63, 3.8) is 0 Å². The Bertz CT molecular complexity index is 1740. The third-order valence-corrected chi connectivity index (χ3v) is 17.2. The molecule has 4 rings (SSSR count). The number of rotatable bonds is 46. The lowest BCUT2D eigenvalue weighted by Crippen LogP contribution is -2.67. The molecule has 86 heavy (non-hydrogen) atoms. The summed E-state index contributed by atoms with van der Waals surface area (Å²) in [6, 6.07) is -1.02. The van der Waals surface area contributed by atoms with Crippen molar-refractivity contribution in [2.75, 3.05) is 33.0 Å². The van der Waals surface area contributed by atoms with Crippen molar-refractivity contribution in [3.8, 4) is 0 Å². The third kappa shape index (κ3) is 25.8. The van der Waals surface area contributed by atoms with E-state index >= 15 is 0 Å². The zero-order valence-corrected chi connectivity index (χ0v) is 51.5. The van der Waals surface area contributed by atoms with Gasteiger partial charge in [-0.2, -0.15) is 0 Å². The summed E-state index contributed by atoms with van der Waals surface area (Å²) in [5.74, 6) is -0.305. The van der Waals surface area contributed by atoms with E-state index in [0.717, 1.165) is 44.9 Å². The van der Waals surface area contributed by atoms with Crippen LogP contribution in [0.1, 0.15) is 206 Å². The van der Waals surface area contributed by atoms with Gasteiger partial charge >= 0.3 is 0 Å². The van der Waals surface area contributed by atoms with E-state index in [-0.39, 0.29) is 12.3 Å². The molecule has 24 nitrogen and oxygen atoms in total. The molecule has 0 saturated carbocycles. The number of amides is 1. The number of ether oxygens (including phenoxy) is 8. The fraction of sp³-hybridized carbons (Fsp3) is 0.952. The van der Waals surface area contributed by atoms with Crippen LogP contribution in [0.3, 0.4) is 0 Å². The molecule has 0 bridgehead atoms. The molecule has 1 amide bonds. The van der Waals surface area contributed by atoms with E-state index in [1.807, 2.05) is 6.08 Å². The molecular formula is C62H115NO23. The van der Waals surface area contributed by atoms with Crippen molar-refractivity contribution in [1.29, 1.82) is 0 Å². The Morgan fingerprint density at radius 3 is 1.17 bits per heavy atom. The Morgan fingerprint density at radius 2 is 0.756 bits per heavy atom. The summed E-state index contributed by atoms with van der Waals surface area (Å²) in [6.07, 6.45) is 0.274. The van der Waals surface area contributed by atoms with Gasteiger partial charge < -0.3 is 115 Å². The molecule has 4 saturated heterocycles. The van der Waals surface area contributed by atoms with Gasteiger partial charge in [0.25, 0.3) is 0 Å². The highest BCUT2D eigenvalue weighted by Crippen LogP contribution is 2.35. The van der Waals surface area contributed by atoms with Crippen LogP contribution < -0.4 is 5.32 Å². The molecule has 0 aromatic rings. The maximum atomic E-state index is 13.4. The number of unbranched alkanes of at least 4 members (excludes halogenated alkanes) is 27. The molecule has 506 valence electrons.